The van der Waals surface area contributed by atoms with Gasteiger partial charge in [0.15, 0.2) is 5.78 Å². The maximum atomic E-state index is 11.5. The third-order valence-corrected chi connectivity index (χ3v) is 4.64. The molecule has 110 valence electrons. The number of carbonyl (C=O) groups is 1. The smallest absolute Gasteiger partial charge is 0.159 e. The van der Waals surface area contributed by atoms with Crippen molar-refractivity contribution in [2.24, 2.45) is 0 Å². The van der Waals surface area contributed by atoms with Crippen LogP contribution in [0.3, 0.4) is 0 Å². The lowest BCUT2D eigenvalue weighted by Crippen LogP contribution is -2.11. The van der Waals surface area contributed by atoms with Gasteiger partial charge in [0.2, 0.25) is 0 Å². The highest BCUT2D eigenvalue weighted by atomic mass is 16.1. The molecule has 0 N–H and O–H groups in total. The second-order valence-corrected chi connectivity index (χ2v) is 6.26. The Kier molecular flexibility index (Phi) is 5.82. The Labute approximate surface area is 123 Å². The summed E-state index contributed by atoms with van der Waals surface area (Å²) in [5, 5.41) is 0. The summed E-state index contributed by atoms with van der Waals surface area (Å²) < 4.78 is 0. The average Bonchev–Trinajstić information content (AvgIpc) is 2.46. The van der Waals surface area contributed by atoms with E-state index in [2.05, 4.69) is 19.1 Å². The molecule has 0 spiro atoms. The van der Waals surface area contributed by atoms with Crippen LogP contribution >= 0.6 is 0 Å². The summed E-state index contributed by atoms with van der Waals surface area (Å²) in [6.45, 7) is 3.93. The molecular formula is C19H28O. The van der Waals surface area contributed by atoms with Crippen molar-refractivity contribution in [1.29, 1.82) is 0 Å². The van der Waals surface area contributed by atoms with Crippen molar-refractivity contribution in [3.8, 4) is 0 Å². The number of Topliss-reactive ketones (excluding diaryl/α,β-unsaturated/α-hetero) is 1. The summed E-state index contributed by atoms with van der Waals surface area (Å²) >= 11 is 0. The fourth-order valence-corrected chi connectivity index (χ4v) is 3.43. The summed E-state index contributed by atoms with van der Waals surface area (Å²) in [4.78, 5) is 11.5. The van der Waals surface area contributed by atoms with Crippen molar-refractivity contribution < 1.29 is 4.79 Å². The molecule has 1 aliphatic rings. The third-order valence-electron chi connectivity index (χ3n) is 4.64. The molecule has 1 aromatic rings. The van der Waals surface area contributed by atoms with Crippen LogP contribution in [0.4, 0.5) is 0 Å². The zero-order valence-electron chi connectivity index (χ0n) is 13.1. The number of ketones is 1. The molecule has 0 heterocycles. The van der Waals surface area contributed by atoms with Gasteiger partial charge in [0.1, 0.15) is 0 Å². The zero-order valence-corrected chi connectivity index (χ0v) is 13.1. The molecule has 20 heavy (non-hydrogen) atoms. The summed E-state index contributed by atoms with van der Waals surface area (Å²) in [7, 11) is 0. The molecule has 0 amide bonds. The maximum absolute atomic E-state index is 11.5. The van der Waals surface area contributed by atoms with Crippen LogP contribution in [0.2, 0.25) is 0 Å². The topological polar surface area (TPSA) is 17.1 Å². The van der Waals surface area contributed by atoms with Crippen molar-refractivity contribution in [2.75, 3.05) is 0 Å². The van der Waals surface area contributed by atoms with E-state index in [0.717, 1.165) is 17.9 Å². The monoisotopic (exact) mass is 272 g/mol. The average molecular weight is 272 g/mol. The van der Waals surface area contributed by atoms with E-state index in [1.165, 1.54) is 62.5 Å². The first kappa shape index (κ1) is 15.3. The molecule has 1 heteroatoms. The van der Waals surface area contributed by atoms with Gasteiger partial charge in [0.25, 0.3) is 0 Å². The Morgan fingerprint density at radius 1 is 1.20 bits per heavy atom. The fraction of sp³-hybridized carbons (Fsp3) is 0.632. The van der Waals surface area contributed by atoms with E-state index in [0.29, 0.717) is 0 Å². The SMILES string of the molecule is CCCCCCCC1CCCc2cc(C(C)=O)ccc21. The van der Waals surface area contributed by atoms with Gasteiger partial charge < -0.3 is 0 Å². The van der Waals surface area contributed by atoms with Crippen LogP contribution in [0, 0.1) is 0 Å². The molecule has 0 aromatic heterocycles. The quantitative estimate of drug-likeness (QED) is 0.461. The van der Waals surface area contributed by atoms with Gasteiger partial charge in [-0.1, -0.05) is 51.2 Å². The van der Waals surface area contributed by atoms with Crippen molar-refractivity contribution in [2.45, 2.75) is 77.6 Å². The highest BCUT2D eigenvalue weighted by Crippen LogP contribution is 2.35. The standard InChI is InChI=1S/C19H28O/c1-3-4-5-6-7-9-16-10-8-11-18-14-17(15(2)20)12-13-19(16)18/h12-14,16H,3-11H2,1-2H3. The van der Waals surface area contributed by atoms with Gasteiger partial charge in [0.05, 0.1) is 0 Å². The van der Waals surface area contributed by atoms with Crippen LogP contribution in [-0.4, -0.2) is 5.78 Å². The number of hydrogen-bond donors (Lipinski definition) is 0. The van der Waals surface area contributed by atoms with Crippen LogP contribution in [0.25, 0.3) is 0 Å². The first-order valence-corrected chi connectivity index (χ1v) is 8.36. The van der Waals surface area contributed by atoms with Gasteiger partial charge in [-0.2, -0.15) is 0 Å². The fourth-order valence-electron chi connectivity index (χ4n) is 3.43. The molecule has 0 saturated heterocycles. The summed E-state index contributed by atoms with van der Waals surface area (Å²) in [6, 6.07) is 6.39. The van der Waals surface area contributed by atoms with Crippen LogP contribution in [-0.2, 0) is 6.42 Å². The van der Waals surface area contributed by atoms with E-state index < -0.39 is 0 Å². The molecule has 0 aliphatic heterocycles. The van der Waals surface area contributed by atoms with Crippen LogP contribution in [0.15, 0.2) is 18.2 Å². The van der Waals surface area contributed by atoms with Crippen molar-refractivity contribution in [3.63, 3.8) is 0 Å². The van der Waals surface area contributed by atoms with E-state index in [4.69, 9.17) is 0 Å². The van der Waals surface area contributed by atoms with Gasteiger partial charge in [-0.05, 0) is 55.7 Å². The van der Waals surface area contributed by atoms with Gasteiger partial charge in [-0.15, -0.1) is 0 Å². The van der Waals surface area contributed by atoms with Crippen LogP contribution in [0.5, 0.6) is 0 Å². The van der Waals surface area contributed by atoms with Crippen molar-refractivity contribution in [3.05, 3.63) is 34.9 Å². The minimum absolute atomic E-state index is 0.189. The second-order valence-electron chi connectivity index (χ2n) is 6.26. The molecule has 0 bridgehead atoms. The number of rotatable bonds is 7. The van der Waals surface area contributed by atoms with Gasteiger partial charge in [0, 0.05) is 5.56 Å². The first-order chi connectivity index (χ1) is 9.72. The van der Waals surface area contributed by atoms with E-state index in [1.807, 2.05) is 6.07 Å². The molecule has 0 radical (unpaired) electrons. The van der Waals surface area contributed by atoms with E-state index in [9.17, 15) is 4.79 Å². The molecule has 1 aliphatic carbocycles. The highest BCUT2D eigenvalue weighted by molar-refractivity contribution is 5.94. The van der Waals surface area contributed by atoms with Crippen molar-refractivity contribution in [1.82, 2.24) is 0 Å². The molecule has 1 aromatic carbocycles. The van der Waals surface area contributed by atoms with Gasteiger partial charge in [-0.3, -0.25) is 4.79 Å². The van der Waals surface area contributed by atoms with E-state index in [1.54, 1.807) is 6.92 Å². The van der Waals surface area contributed by atoms with E-state index >= 15 is 0 Å². The minimum atomic E-state index is 0.189. The Balaban J connectivity index is 1.96. The van der Waals surface area contributed by atoms with Gasteiger partial charge in [-0.25, -0.2) is 0 Å². The Bertz CT molecular complexity index is 447. The Morgan fingerprint density at radius 2 is 2.00 bits per heavy atom. The Morgan fingerprint density at radius 3 is 2.75 bits per heavy atom. The lowest BCUT2D eigenvalue weighted by Gasteiger charge is -2.26. The summed E-state index contributed by atoms with van der Waals surface area (Å²) in [6.07, 6.45) is 11.9. The lowest BCUT2D eigenvalue weighted by atomic mass is 9.79. The number of aryl methyl sites for hydroxylation is 1. The first-order valence-electron chi connectivity index (χ1n) is 8.36. The molecule has 1 atom stereocenters. The predicted molar refractivity (Wildman–Crippen MR) is 85.5 cm³/mol. The number of benzene rings is 1. The number of fused-ring (bicyclic) bond motifs is 1. The summed E-state index contributed by atoms with van der Waals surface area (Å²) in [5.41, 5.74) is 3.84. The molecule has 2 rings (SSSR count). The normalized spacial score (nSPS) is 17.8. The van der Waals surface area contributed by atoms with Gasteiger partial charge >= 0.3 is 0 Å². The van der Waals surface area contributed by atoms with Crippen LogP contribution < -0.4 is 0 Å². The molecular weight excluding hydrogens is 244 g/mol. The lowest BCUT2D eigenvalue weighted by molar-refractivity contribution is 0.101. The molecule has 1 nitrogen and oxygen atoms in total. The molecule has 0 fully saturated rings. The highest BCUT2D eigenvalue weighted by Gasteiger charge is 2.20. The van der Waals surface area contributed by atoms with E-state index in [-0.39, 0.29) is 5.78 Å². The number of carbonyl (C=O) groups excluding carboxylic acids is 1. The second kappa shape index (κ2) is 7.61. The largest absolute Gasteiger partial charge is 0.295 e. The minimum Gasteiger partial charge on any atom is -0.295 e. The molecule has 0 saturated carbocycles. The predicted octanol–water partition coefficient (Wildman–Crippen LogP) is 5.67. The Hall–Kier alpha value is -1.11. The maximum Gasteiger partial charge on any atom is 0.159 e. The zero-order chi connectivity index (χ0) is 14.4. The molecule has 1 unspecified atom stereocenters. The number of unbranched alkanes of at least 4 members (excludes halogenated alkanes) is 4. The van der Waals surface area contributed by atoms with Crippen molar-refractivity contribution >= 4 is 5.78 Å². The summed E-state index contributed by atoms with van der Waals surface area (Å²) in [5.74, 6) is 0.927. The van der Waals surface area contributed by atoms with Crippen LogP contribution in [0.1, 0.15) is 92.6 Å². The number of hydrogen-bond acceptors (Lipinski definition) is 1. The third kappa shape index (κ3) is 3.94.